The van der Waals surface area contributed by atoms with Crippen molar-refractivity contribution in [2.75, 3.05) is 26.2 Å². The molecule has 0 spiro atoms. The lowest BCUT2D eigenvalue weighted by Gasteiger charge is -2.33. The lowest BCUT2D eigenvalue weighted by Crippen LogP contribution is -2.48. The maximum Gasteiger partial charge on any atom is 0.243 e. The zero-order chi connectivity index (χ0) is 22.7. The first kappa shape index (κ1) is 23.1. The molecule has 11 heteroatoms. The van der Waals surface area contributed by atoms with Gasteiger partial charge in [0.1, 0.15) is 0 Å². The molecular formula is C21H25ClN6O2S2. The highest BCUT2D eigenvalue weighted by atomic mass is 35.5. The van der Waals surface area contributed by atoms with Gasteiger partial charge in [-0.2, -0.15) is 9.40 Å². The quantitative estimate of drug-likeness (QED) is 0.470. The Bertz CT molecular complexity index is 1220. The normalized spacial score (nSPS) is 15.8. The Morgan fingerprint density at radius 3 is 2.31 bits per heavy atom. The summed E-state index contributed by atoms with van der Waals surface area (Å²) < 4.78 is 31.9. The van der Waals surface area contributed by atoms with Crippen molar-refractivity contribution in [3.05, 3.63) is 58.6 Å². The highest BCUT2D eigenvalue weighted by molar-refractivity contribution is 7.89. The van der Waals surface area contributed by atoms with Crippen LogP contribution in [-0.2, 0) is 23.2 Å². The Morgan fingerprint density at radius 1 is 1.03 bits per heavy atom. The van der Waals surface area contributed by atoms with Gasteiger partial charge in [0, 0.05) is 55.7 Å². The number of rotatable bonds is 7. The van der Waals surface area contributed by atoms with E-state index in [0.29, 0.717) is 42.6 Å². The predicted molar refractivity (Wildman–Crippen MR) is 126 cm³/mol. The molecule has 0 atom stereocenters. The van der Waals surface area contributed by atoms with Gasteiger partial charge >= 0.3 is 0 Å². The van der Waals surface area contributed by atoms with Crippen molar-refractivity contribution >= 4 is 33.8 Å². The van der Waals surface area contributed by atoms with Gasteiger partial charge in [-0.25, -0.2) is 13.1 Å². The van der Waals surface area contributed by atoms with Gasteiger partial charge in [-0.05, 0) is 55.0 Å². The Morgan fingerprint density at radius 2 is 1.69 bits per heavy atom. The molecule has 0 aliphatic carbocycles. The van der Waals surface area contributed by atoms with Crippen LogP contribution in [0.3, 0.4) is 0 Å². The molecule has 170 valence electrons. The van der Waals surface area contributed by atoms with Crippen LogP contribution in [0.15, 0.2) is 53.7 Å². The molecule has 3 aromatic rings. The lowest BCUT2D eigenvalue weighted by atomic mass is 10.2. The number of halogens is 1. The fourth-order valence-electron chi connectivity index (χ4n) is 3.73. The summed E-state index contributed by atoms with van der Waals surface area (Å²) in [6.07, 6.45) is 4.43. The number of piperazine rings is 1. The van der Waals surface area contributed by atoms with E-state index in [9.17, 15) is 8.42 Å². The van der Waals surface area contributed by atoms with Crippen LogP contribution in [0.1, 0.15) is 13.3 Å². The minimum absolute atomic E-state index is 0.262. The van der Waals surface area contributed by atoms with Crippen molar-refractivity contribution in [1.29, 1.82) is 0 Å². The third-order valence-corrected chi connectivity index (χ3v) is 8.02. The Hall–Kier alpha value is -2.11. The largest absolute Gasteiger partial charge is 0.300 e. The molecule has 2 aromatic heterocycles. The summed E-state index contributed by atoms with van der Waals surface area (Å²) in [5.74, 6) is 0.822. The smallest absolute Gasteiger partial charge is 0.243 e. The van der Waals surface area contributed by atoms with Crippen molar-refractivity contribution in [3.8, 4) is 11.4 Å². The number of benzene rings is 1. The van der Waals surface area contributed by atoms with Gasteiger partial charge in [-0.1, -0.05) is 18.5 Å². The minimum Gasteiger partial charge on any atom is -0.300 e. The molecule has 1 saturated heterocycles. The Kier molecular flexibility index (Phi) is 7.06. The molecule has 32 heavy (non-hydrogen) atoms. The van der Waals surface area contributed by atoms with E-state index in [1.54, 1.807) is 36.7 Å². The molecule has 0 saturated carbocycles. The third kappa shape index (κ3) is 4.79. The van der Waals surface area contributed by atoms with Crippen molar-refractivity contribution in [1.82, 2.24) is 28.5 Å². The van der Waals surface area contributed by atoms with E-state index in [1.807, 2.05) is 21.4 Å². The molecule has 0 unspecified atom stereocenters. The van der Waals surface area contributed by atoms with E-state index in [0.717, 1.165) is 24.4 Å². The molecule has 1 aliphatic heterocycles. The van der Waals surface area contributed by atoms with Crippen LogP contribution in [-0.4, -0.2) is 63.1 Å². The zero-order valence-corrected chi connectivity index (χ0v) is 20.2. The van der Waals surface area contributed by atoms with Gasteiger partial charge in [-0.15, -0.1) is 0 Å². The van der Waals surface area contributed by atoms with Gasteiger partial charge in [-0.3, -0.25) is 14.5 Å². The van der Waals surface area contributed by atoms with Gasteiger partial charge in [0.05, 0.1) is 11.6 Å². The number of hydrogen-bond donors (Lipinski definition) is 0. The van der Waals surface area contributed by atoms with Gasteiger partial charge in [0.15, 0.2) is 10.6 Å². The summed E-state index contributed by atoms with van der Waals surface area (Å²) in [6.45, 7) is 5.41. The lowest BCUT2D eigenvalue weighted by molar-refractivity contribution is 0.144. The number of aromatic nitrogens is 4. The SMILES string of the molecule is CCCn1c(-c2ccncc2)nn(CN2CCN(S(=O)(=O)c3ccc(Cl)cc3)CC2)c1=S. The van der Waals surface area contributed by atoms with E-state index in [1.165, 1.54) is 4.31 Å². The fraction of sp³-hybridized carbons (Fsp3) is 0.381. The highest BCUT2D eigenvalue weighted by Gasteiger charge is 2.29. The first-order valence-corrected chi connectivity index (χ1v) is 12.7. The standard InChI is InChI=1S/C21H25ClN6O2S2/c1-2-11-27-20(17-7-9-23-10-8-17)24-28(21(27)31)16-25-12-14-26(15-13-25)32(29,30)19-5-3-18(22)4-6-19/h3-10H,2,11-16H2,1H3. The molecule has 4 rings (SSSR count). The first-order valence-electron chi connectivity index (χ1n) is 10.5. The van der Waals surface area contributed by atoms with Crippen LogP contribution >= 0.6 is 23.8 Å². The number of pyridine rings is 1. The molecule has 8 nitrogen and oxygen atoms in total. The molecule has 0 bridgehead atoms. The molecule has 3 heterocycles. The Balaban J connectivity index is 1.47. The zero-order valence-electron chi connectivity index (χ0n) is 17.8. The Labute approximate surface area is 198 Å². The summed E-state index contributed by atoms with van der Waals surface area (Å²) in [5.41, 5.74) is 0.970. The molecule has 1 aromatic carbocycles. The summed E-state index contributed by atoms with van der Waals surface area (Å²) in [5, 5.41) is 5.29. The molecular weight excluding hydrogens is 468 g/mol. The molecule has 0 radical (unpaired) electrons. The van der Waals surface area contributed by atoms with E-state index in [-0.39, 0.29) is 4.90 Å². The predicted octanol–water partition coefficient (Wildman–Crippen LogP) is 3.50. The van der Waals surface area contributed by atoms with Crippen molar-refractivity contribution in [2.24, 2.45) is 0 Å². The summed E-state index contributed by atoms with van der Waals surface area (Å²) >= 11 is 11.6. The molecule has 0 N–H and O–H groups in total. The van der Waals surface area contributed by atoms with Gasteiger partial charge < -0.3 is 0 Å². The summed E-state index contributed by atoms with van der Waals surface area (Å²) in [7, 11) is -3.53. The van der Waals surface area contributed by atoms with E-state index >= 15 is 0 Å². The van der Waals surface area contributed by atoms with Crippen LogP contribution in [0, 0.1) is 4.77 Å². The average Bonchev–Trinajstić information content (AvgIpc) is 3.11. The van der Waals surface area contributed by atoms with Crippen LogP contribution in [0.25, 0.3) is 11.4 Å². The molecule has 1 fully saturated rings. The number of hydrogen-bond acceptors (Lipinski definition) is 6. The highest BCUT2D eigenvalue weighted by Crippen LogP contribution is 2.21. The third-order valence-electron chi connectivity index (χ3n) is 5.43. The monoisotopic (exact) mass is 492 g/mol. The molecule has 1 aliphatic rings. The maximum atomic E-state index is 12.9. The second-order valence-electron chi connectivity index (χ2n) is 7.61. The first-order chi connectivity index (χ1) is 15.4. The second-order valence-corrected chi connectivity index (χ2v) is 10.4. The van der Waals surface area contributed by atoms with Crippen molar-refractivity contribution in [2.45, 2.75) is 31.5 Å². The summed E-state index contributed by atoms with van der Waals surface area (Å²) in [4.78, 5) is 6.52. The van der Waals surface area contributed by atoms with E-state index < -0.39 is 10.0 Å². The van der Waals surface area contributed by atoms with Gasteiger partial charge in [0.2, 0.25) is 10.0 Å². The van der Waals surface area contributed by atoms with E-state index in [4.69, 9.17) is 28.9 Å². The number of nitrogens with zero attached hydrogens (tertiary/aromatic N) is 6. The van der Waals surface area contributed by atoms with Crippen molar-refractivity contribution in [3.63, 3.8) is 0 Å². The van der Waals surface area contributed by atoms with Crippen LogP contribution in [0.2, 0.25) is 5.02 Å². The van der Waals surface area contributed by atoms with Crippen LogP contribution in [0.5, 0.6) is 0 Å². The topological polar surface area (TPSA) is 76.3 Å². The van der Waals surface area contributed by atoms with Crippen LogP contribution < -0.4 is 0 Å². The maximum absolute atomic E-state index is 12.9. The fourth-order valence-corrected chi connectivity index (χ4v) is 5.55. The number of sulfonamides is 1. The average molecular weight is 493 g/mol. The molecule has 0 amide bonds. The second kappa shape index (κ2) is 9.80. The summed E-state index contributed by atoms with van der Waals surface area (Å²) in [6, 6.07) is 10.1. The van der Waals surface area contributed by atoms with E-state index in [2.05, 4.69) is 16.8 Å². The van der Waals surface area contributed by atoms with Crippen molar-refractivity contribution < 1.29 is 8.42 Å². The van der Waals surface area contributed by atoms with Crippen LogP contribution in [0.4, 0.5) is 0 Å². The minimum atomic E-state index is -3.53. The van der Waals surface area contributed by atoms with Gasteiger partial charge in [0.25, 0.3) is 0 Å².